The topological polar surface area (TPSA) is 57.9 Å². The van der Waals surface area contributed by atoms with Crippen LogP contribution >= 0.6 is 0 Å². The lowest BCUT2D eigenvalue weighted by Gasteiger charge is -2.18. The van der Waals surface area contributed by atoms with E-state index >= 15 is 0 Å². The summed E-state index contributed by atoms with van der Waals surface area (Å²) in [5.41, 5.74) is -0.0699. The second-order valence-electron chi connectivity index (χ2n) is 3.93. The number of nitriles is 1. The number of hydrogen-bond donors (Lipinski definition) is 0. The van der Waals surface area contributed by atoms with Crippen LogP contribution in [0.4, 0.5) is 8.78 Å². The van der Waals surface area contributed by atoms with Crippen LogP contribution in [-0.4, -0.2) is 14.2 Å². The fraction of sp³-hybridized carbons (Fsp3) is 0.364. The molecule has 0 aliphatic carbocycles. The van der Waals surface area contributed by atoms with Crippen molar-refractivity contribution in [3.8, 4) is 6.07 Å². The lowest BCUT2D eigenvalue weighted by Crippen LogP contribution is -2.18. The van der Waals surface area contributed by atoms with Gasteiger partial charge in [0.15, 0.2) is 9.84 Å². The van der Waals surface area contributed by atoms with Crippen LogP contribution in [0.5, 0.6) is 0 Å². The third-order valence-corrected chi connectivity index (χ3v) is 4.65. The van der Waals surface area contributed by atoms with Crippen molar-refractivity contribution in [3.63, 3.8) is 0 Å². The molecule has 0 atom stereocenters. The maximum Gasteiger partial charge on any atom is 0.357 e. The van der Waals surface area contributed by atoms with Crippen molar-refractivity contribution in [2.24, 2.45) is 0 Å². The highest BCUT2D eigenvalue weighted by Crippen LogP contribution is 2.32. The number of nitrogens with zero attached hydrogens (tertiary/aromatic N) is 1. The number of sulfone groups is 1. The average Bonchev–Trinajstić information content (AvgIpc) is 2.28. The van der Waals surface area contributed by atoms with Crippen LogP contribution in [-0.2, 0) is 22.2 Å². The first-order chi connectivity index (χ1) is 7.87. The largest absolute Gasteiger partial charge is 0.357 e. The first-order valence-corrected chi connectivity index (χ1v) is 6.67. The second kappa shape index (κ2) is 3.77. The van der Waals surface area contributed by atoms with E-state index in [4.69, 9.17) is 5.26 Å². The van der Waals surface area contributed by atoms with Gasteiger partial charge in [-0.2, -0.15) is 14.0 Å². The molecule has 0 unspecified atom stereocenters. The van der Waals surface area contributed by atoms with Crippen LogP contribution in [0, 0.1) is 11.3 Å². The summed E-state index contributed by atoms with van der Waals surface area (Å²) in [6.07, 6.45) is 0.876. The van der Waals surface area contributed by atoms with Crippen LogP contribution in [0.15, 0.2) is 23.1 Å². The van der Waals surface area contributed by atoms with E-state index < -0.39 is 21.3 Å². The molecule has 6 heteroatoms. The van der Waals surface area contributed by atoms with E-state index in [0.717, 1.165) is 18.2 Å². The zero-order chi connectivity index (χ0) is 12.7. The molecule has 17 heavy (non-hydrogen) atoms. The summed E-state index contributed by atoms with van der Waals surface area (Å²) >= 11 is 0. The van der Waals surface area contributed by atoms with E-state index in [1.54, 1.807) is 0 Å². The molecular formula is C11H9F2NO2S. The van der Waals surface area contributed by atoms with Crippen molar-refractivity contribution in [1.82, 2.24) is 0 Å². The number of fused-ring (bicyclic) bond motifs is 1. The first kappa shape index (κ1) is 12.0. The number of rotatable bonds is 1. The molecule has 0 spiro atoms. The Morgan fingerprint density at radius 3 is 2.71 bits per heavy atom. The number of hydrogen-bond acceptors (Lipinski definition) is 3. The van der Waals surface area contributed by atoms with Crippen LogP contribution < -0.4 is 0 Å². The predicted octanol–water partition coefficient (Wildman–Crippen LogP) is 2.02. The van der Waals surface area contributed by atoms with Gasteiger partial charge in [-0.3, -0.25) is 0 Å². The number of benzene rings is 1. The molecule has 1 aliphatic rings. The zero-order valence-electron chi connectivity index (χ0n) is 8.78. The van der Waals surface area contributed by atoms with Gasteiger partial charge in [-0.1, -0.05) is 6.07 Å². The fourth-order valence-electron chi connectivity index (χ4n) is 1.90. The van der Waals surface area contributed by atoms with Gasteiger partial charge in [-0.05, 0) is 30.5 Å². The van der Waals surface area contributed by atoms with Gasteiger partial charge < -0.3 is 0 Å². The van der Waals surface area contributed by atoms with E-state index in [0.29, 0.717) is 18.4 Å². The van der Waals surface area contributed by atoms with E-state index in [-0.39, 0.29) is 10.6 Å². The normalized spacial score (nSPS) is 18.2. The maximum atomic E-state index is 13.1. The van der Waals surface area contributed by atoms with E-state index in [1.165, 1.54) is 6.07 Å². The van der Waals surface area contributed by atoms with Crippen molar-refractivity contribution in [1.29, 1.82) is 5.26 Å². The smallest absolute Gasteiger partial charge is 0.224 e. The summed E-state index contributed by atoms with van der Waals surface area (Å²) in [7, 11) is -3.34. The van der Waals surface area contributed by atoms with E-state index in [2.05, 4.69) is 0 Å². The Bertz CT molecular complexity index is 602. The number of alkyl halides is 2. The van der Waals surface area contributed by atoms with Gasteiger partial charge in [0.1, 0.15) is 6.07 Å². The Hall–Kier alpha value is -1.48. The Balaban J connectivity index is 2.57. The standard InChI is InChI=1S/C11H9F2NO2S/c12-11(13,7-14)9-3-4-10-8(6-9)2-1-5-17(10,15)16/h3-4,6H,1-2,5H2. The van der Waals surface area contributed by atoms with Crippen LogP contribution in [0.1, 0.15) is 17.5 Å². The zero-order valence-corrected chi connectivity index (χ0v) is 9.60. The minimum absolute atomic E-state index is 0.0496. The minimum Gasteiger partial charge on any atom is -0.224 e. The van der Waals surface area contributed by atoms with Crippen molar-refractivity contribution in [2.45, 2.75) is 23.7 Å². The lowest BCUT2D eigenvalue weighted by atomic mass is 10.0. The molecule has 1 aromatic rings. The molecule has 0 fully saturated rings. The molecule has 1 aliphatic heterocycles. The minimum atomic E-state index is -3.57. The highest BCUT2D eigenvalue weighted by Gasteiger charge is 2.33. The average molecular weight is 257 g/mol. The summed E-state index contributed by atoms with van der Waals surface area (Å²) in [4.78, 5) is 0.112. The number of halogens is 2. The Labute approximate surface area is 97.6 Å². The van der Waals surface area contributed by atoms with Gasteiger partial charge in [0.25, 0.3) is 0 Å². The van der Waals surface area contributed by atoms with Crippen LogP contribution in [0.3, 0.4) is 0 Å². The predicted molar refractivity (Wildman–Crippen MR) is 56.3 cm³/mol. The second-order valence-corrected chi connectivity index (χ2v) is 6.01. The summed E-state index contributed by atoms with van der Waals surface area (Å²) in [6.45, 7) is 0. The highest BCUT2D eigenvalue weighted by atomic mass is 32.2. The maximum absolute atomic E-state index is 13.1. The highest BCUT2D eigenvalue weighted by molar-refractivity contribution is 7.91. The molecular weight excluding hydrogens is 248 g/mol. The molecule has 0 bridgehead atoms. The fourth-order valence-corrected chi connectivity index (χ4v) is 3.48. The molecule has 0 N–H and O–H groups in total. The van der Waals surface area contributed by atoms with Gasteiger partial charge in [0.2, 0.25) is 0 Å². The molecule has 0 saturated heterocycles. The SMILES string of the molecule is N#CC(F)(F)c1ccc2c(c1)CCCS2(=O)=O. The molecule has 0 amide bonds. The van der Waals surface area contributed by atoms with Crippen LogP contribution in [0.25, 0.3) is 0 Å². The number of aryl methyl sites for hydroxylation is 1. The Morgan fingerprint density at radius 1 is 1.35 bits per heavy atom. The third kappa shape index (κ3) is 2.03. The van der Waals surface area contributed by atoms with Crippen LogP contribution in [0.2, 0.25) is 0 Å². The van der Waals surface area contributed by atoms with Crippen molar-refractivity contribution in [3.05, 3.63) is 29.3 Å². The monoisotopic (exact) mass is 257 g/mol. The lowest BCUT2D eigenvalue weighted by molar-refractivity contribution is 0.0611. The molecule has 0 saturated carbocycles. The van der Waals surface area contributed by atoms with Gasteiger partial charge in [0.05, 0.1) is 10.6 Å². The summed E-state index contributed by atoms with van der Waals surface area (Å²) in [5, 5.41) is 8.34. The van der Waals surface area contributed by atoms with Crippen molar-refractivity contribution >= 4 is 9.84 Å². The van der Waals surface area contributed by atoms with Gasteiger partial charge in [-0.25, -0.2) is 8.42 Å². The molecule has 3 nitrogen and oxygen atoms in total. The molecule has 2 rings (SSSR count). The summed E-state index contributed by atoms with van der Waals surface area (Å²) in [5.74, 6) is -3.52. The van der Waals surface area contributed by atoms with Gasteiger partial charge >= 0.3 is 5.92 Å². The molecule has 90 valence electrons. The molecule has 0 aromatic heterocycles. The first-order valence-electron chi connectivity index (χ1n) is 5.02. The Kier molecular flexibility index (Phi) is 2.66. The third-order valence-electron chi connectivity index (χ3n) is 2.76. The van der Waals surface area contributed by atoms with Gasteiger partial charge in [-0.15, -0.1) is 0 Å². The van der Waals surface area contributed by atoms with Crippen molar-refractivity contribution < 1.29 is 17.2 Å². The summed E-state index contributed by atoms with van der Waals surface area (Å²) < 4.78 is 49.6. The molecule has 1 heterocycles. The van der Waals surface area contributed by atoms with Gasteiger partial charge in [0, 0.05) is 5.56 Å². The van der Waals surface area contributed by atoms with E-state index in [1.807, 2.05) is 0 Å². The van der Waals surface area contributed by atoms with E-state index in [9.17, 15) is 17.2 Å². The Morgan fingerprint density at radius 2 is 2.06 bits per heavy atom. The molecule has 0 radical (unpaired) electrons. The van der Waals surface area contributed by atoms with Crippen molar-refractivity contribution in [2.75, 3.05) is 5.75 Å². The quantitative estimate of drug-likeness (QED) is 0.773. The molecule has 1 aromatic carbocycles. The summed E-state index contributed by atoms with van der Waals surface area (Å²) in [6, 6.07) is 4.20.